The molecule has 1 unspecified atom stereocenters. The third-order valence-electron chi connectivity index (χ3n) is 15.3. The van der Waals surface area contributed by atoms with Gasteiger partial charge in [0.15, 0.2) is 6.10 Å². The summed E-state index contributed by atoms with van der Waals surface area (Å²) in [5.41, 5.74) is 0. The second-order valence-corrected chi connectivity index (χ2v) is 22.7. The molecule has 73 heavy (non-hydrogen) atoms. The predicted octanol–water partition coefficient (Wildman–Crippen LogP) is 22.4. The van der Waals surface area contributed by atoms with Crippen LogP contribution < -0.4 is 0 Å². The zero-order valence-electron chi connectivity index (χ0n) is 49.7. The van der Waals surface area contributed by atoms with Gasteiger partial charge < -0.3 is 14.2 Å². The van der Waals surface area contributed by atoms with Crippen LogP contribution in [0.25, 0.3) is 0 Å². The molecule has 1 atom stereocenters. The minimum Gasteiger partial charge on any atom is -0.462 e. The number of hydrogen-bond acceptors (Lipinski definition) is 6. The maximum atomic E-state index is 12.9. The molecule has 0 aliphatic carbocycles. The van der Waals surface area contributed by atoms with Crippen LogP contribution in [0.1, 0.15) is 380 Å². The fourth-order valence-electron chi connectivity index (χ4n) is 10.3. The third-order valence-corrected chi connectivity index (χ3v) is 15.3. The van der Waals surface area contributed by atoms with E-state index in [2.05, 4.69) is 32.9 Å². The molecule has 0 fully saturated rings. The van der Waals surface area contributed by atoms with Crippen molar-refractivity contribution < 1.29 is 28.6 Å². The summed E-state index contributed by atoms with van der Waals surface area (Å²) in [6.07, 6.45) is 73.8. The maximum Gasteiger partial charge on any atom is 0.306 e. The monoisotopic (exact) mass is 1030 g/mol. The van der Waals surface area contributed by atoms with Crippen molar-refractivity contribution in [2.45, 2.75) is 386 Å². The molecular formula is C67H128O6. The highest BCUT2D eigenvalue weighted by Crippen LogP contribution is 2.19. The van der Waals surface area contributed by atoms with E-state index in [1.807, 2.05) is 0 Å². The van der Waals surface area contributed by atoms with Crippen LogP contribution in [-0.2, 0) is 28.6 Å². The number of allylic oxidation sites excluding steroid dienone is 2. The van der Waals surface area contributed by atoms with Crippen molar-refractivity contribution in [3.05, 3.63) is 12.2 Å². The molecule has 0 N–H and O–H groups in total. The van der Waals surface area contributed by atoms with E-state index in [4.69, 9.17) is 14.2 Å². The van der Waals surface area contributed by atoms with Crippen LogP contribution in [0.3, 0.4) is 0 Å². The summed E-state index contributed by atoms with van der Waals surface area (Å²) in [7, 11) is 0. The number of esters is 3. The van der Waals surface area contributed by atoms with E-state index in [0.29, 0.717) is 19.3 Å². The summed E-state index contributed by atoms with van der Waals surface area (Å²) in [6.45, 7) is 6.69. The van der Waals surface area contributed by atoms with Gasteiger partial charge in [-0.15, -0.1) is 0 Å². The van der Waals surface area contributed by atoms with Crippen molar-refractivity contribution in [1.29, 1.82) is 0 Å². The van der Waals surface area contributed by atoms with E-state index in [1.165, 1.54) is 276 Å². The third kappa shape index (κ3) is 60.9. The molecular weight excluding hydrogens is 901 g/mol. The van der Waals surface area contributed by atoms with Gasteiger partial charge in [0.1, 0.15) is 13.2 Å². The summed E-state index contributed by atoms with van der Waals surface area (Å²) >= 11 is 0. The van der Waals surface area contributed by atoms with Crippen LogP contribution in [0.4, 0.5) is 0 Å². The van der Waals surface area contributed by atoms with Crippen LogP contribution in [0.15, 0.2) is 12.2 Å². The Balaban J connectivity index is 4.18. The van der Waals surface area contributed by atoms with Crippen LogP contribution in [0, 0.1) is 0 Å². The van der Waals surface area contributed by atoms with Crippen molar-refractivity contribution in [2.75, 3.05) is 13.2 Å². The zero-order chi connectivity index (χ0) is 52.9. The van der Waals surface area contributed by atoms with E-state index < -0.39 is 6.10 Å². The van der Waals surface area contributed by atoms with Gasteiger partial charge in [0.05, 0.1) is 0 Å². The lowest BCUT2D eigenvalue weighted by atomic mass is 10.0. The molecule has 6 heteroatoms. The second kappa shape index (κ2) is 62.7. The number of hydrogen-bond donors (Lipinski definition) is 0. The lowest BCUT2D eigenvalue weighted by Gasteiger charge is -2.18. The van der Waals surface area contributed by atoms with Crippen LogP contribution in [-0.4, -0.2) is 37.2 Å². The molecule has 0 aliphatic rings. The molecule has 6 nitrogen and oxygen atoms in total. The van der Waals surface area contributed by atoms with Gasteiger partial charge in [-0.05, 0) is 44.9 Å². The molecule has 0 radical (unpaired) electrons. The van der Waals surface area contributed by atoms with Gasteiger partial charge in [-0.25, -0.2) is 0 Å². The van der Waals surface area contributed by atoms with E-state index in [-0.39, 0.29) is 31.1 Å². The standard InChI is InChI=1S/C67H128O6/c1-4-7-10-13-16-19-22-25-27-29-31-32-33-34-35-36-37-39-40-42-45-48-51-54-57-60-66(69)72-63-64(62-71-65(68)59-56-53-50-47-44-24-21-18-15-12-9-6-3)73-67(70)61-58-55-52-49-46-43-41-38-30-28-26-23-20-17-14-11-8-5-2/h18,21,64H,4-17,19-20,22-63H2,1-3H3/b21-18-. The lowest BCUT2D eigenvalue weighted by molar-refractivity contribution is -0.167. The summed E-state index contributed by atoms with van der Waals surface area (Å²) in [5, 5.41) is 0. The van der Waals surface area contributed by atoms with Crippen LogP contribution in [0.5, 0.6) is 0 Å². The molecule has 0 aromatic heterocycles. The number of rotatable bonds is 62. The van der Waals surface area contributed by atoms with E-state index in [0.717, 1.165) is 64.2 Å². The van der Waals surface area contributed by atoms with E-state index >= 15 is 0 Å². The molecule has 0 heterocycles. The first-order valence-electron chi connectivity index (χ1n) is 33.2. The largest absolute Gasteiger partial charge is 0.462 e. The van der Waals surface area contributed by atoms with Crippen molar-refractivity contribution in [1.82, 2.24) is 0 Å². The van der Waals surface area contributed by atoms with Crippen molar-refractivity contribution in [3.8, 4) is 0 Å². The lowest BCUT2D eigenvalue weighted by Crippen LogP contribution is -2.30. The first-order valence-corrected chi connectivity index (χ1v) is 33.2. The average molecular weight is 1030 g/mol. The van der Waals surface area contributed by atoms with E-state index in [9.17, 15) is 14.4 Å². The zero-order valence-corrected chi connectivity index (χ0v) is 49.7. The SMILES string of the molecule is CCCCC/C=C\CCCCCCCC(=O)OCC(COC(=O)CCCCCCCCCCCCCCCCCCCCCCCCCCC)OC(=O)CCCCCCCCCCCCCCCCCCCC. The Bertz CT molecular complexity index is 1130. The molecule has 0 aromatic carbocycles. The van der Waals surface area contributed by atoms with Crippen LogP contribution in [0.2, 0.25) is 0 Å². The minimum absolute atomic E-state index is 0.0660. The highest BCUT2D eigenvalue weighted by Gasteiger charge is 2.19. The van der Waals surface area contributed by atoms with Gasteiger partial charge in [-0.2, -0.15) is 0 Å². The summed E-state index contributed by atoms with van der Waals surface area (Å²) in [5.74, 6) is -0.845. The highest BCUT2D eigenvalue weighted by atomic mass is 16.6. The molecule has 0 aliphatic heterocycles. The smallest absolute Gasteiger partial charge is 0.306 e. The molecule has 0 amide bonds. The summed E-state index contributed by atoms with van der Waals surface area (Å²) in [4.78, 5) is 38.3. The Labute approximate surface area is 456 Å². The van der Waals surface area contributed by atoms with E-state index in [1.54, 1.807) is 0 Å². The molecule has 0 saturated heterocycles. The fourth-order valence-corrected chi connectivity index (χ4v) is 10.3. The Morgan fingerprint density at radius 3 is 0.712 bits per heavy atom. The topological polar surface area (TPSA) is 78.9 Å². The van der Waals surface area contributed by atoms with Gasteiger partial charge in [-0.3, -0.25) is 14.4 Å². The number of ether oxygens (including phenoxy) is 3. The van der Waals surface area contributed by atoms with Gasteiger partial charge >= 0.3 is 17.9 Å². The normalized spacial score (nSPS) is 12.0. The molecule has 0 rings (SSSR count). The first-order chi connectivity index (χ1) is 36.0. The Morgan fingerprint density at radius 2 is 0.452 bits per heavy atom. The molecule has 0 aromatic rings. The number of carbonyl (C=O) groups is 3. The maximum absolute atomic E-state index is 12.9. The van der Waals surface area contributed by atoms with Crippen molar-refractivity contribution >= 4 is 17.9 Å². The van der Waals surface area contributed by atoms with Gasteiger partial charge in [0.25, 0.3) is 0 Å². The minimum atomic E-state index is -0.768. The number of unbranched alkanes of at least 4 members (excludes halogenated alkanes) is 49. The predicted molar refractivity (Wildman–Crippen MR) is 317 cm³/mol. The Morgan fingerprint density at radius 1 is 0.260 bits per heavy atom. The highest BCUT2D eigenvalue weighted by molar-refractivity contribution is 5.71. The van der Waals surface area contributed by atoms with Gasteiger partial charge in [-0.1, -0.05) is 328 Å². The quantitative estimate of drug-likeness (QED) is 0.0261. The van der Waals surface area contributed by atoms with Gasteiger partial charge in [0.2, 0.25) is 0 Å². The second-order valence-electron chi connectivity index (χ2n) is 22.7. The molecule has 0 bridgehead atoms. The molecule has 432 valence electrons. The summed E-state index contributed by atoms with van der Waals surface area (Å²) in [6, 6.07) is 0. The van der Waals surface area contributed by atoms with Crippen molar-refractivity contribution in [3.63, 3.8) is 0 Å². The first kappa shape index (κ1) is 71.2. The fraction of sp³-hybridized carbons (Fsp3) is 0.925. The molecule has 0 saturated carbocycles. The summed E-state index contributed by atoms with van der Waals surface area (Å²) < 4.78 is 16.9. The van der Waals surface area contributed by atoms with Crippen molar-refractivity contribution in [2.24, 2.45) is 0 Å². The Hall–Kier alpha value is -1.85. The number of carbonyl (C=O) groups excluding carboxylic acids is 3. The average Bonchev–Trinajstić information content (AvgIpc) is 3.39. The molecule has 0 spiro atoms. The van der Waals surface area contributed by atoms with Crippen LogP contribution >= 0.6 is 0 Å². The Kier molecular flexibility index (Phi) is 61.1. The van der Waals surface area contributed by atoms with Gasteiger partial charge in [0, 0.05) is 19.3 Å².